The van der Waals surface area contributed by atoms with Crippen molar-refractivity contribution in [2.45, 2.75) is 11.8 Å². The summed E-state index contributed by atoms with van der Waals surface area (Å²) in [6.07, 6.45) is 0. The first-order valence-corrected chi connectivity index (χ1v) is 7.79. The van der Waals surface area contributed by atoms with Crippen LogP contribution in [-0.4, -0.2) is 18.4 Å². The maximum atomic E-state index is 12.3. The number of hydrogen-bond acceptors (Lipinski definition) is 5. The highest BCUT2D eigenvalue weighted by atomic mass is 35.5. The second-order valence-electron chi connectivity index (χ2n) is 4.02. The van der Waals surface area contributed by atoms with Gasteiger partial charge in [0.2, 0.25) is 5.95 Å². The van der Waals surface area contributed by atoms with Crippen molar-refractivity contribution in [2.75, 3.05) is 4.72 Å². The first-order chi connectivity index (χ1) is 9.81. The molecule has 0 bridgehead atoms. The molecule has 2 aromatic rings. The smallest absolute Gasteiger partial charge is 0.247 e. The van der Waals surface area contributed by atoms with Crippen molar-refractivity contribution in [3.63, 3.8) is 0 Å². The van der Waals surface area contributed by atoms with Crippen molar-refractivity contribution < 1.29 is 8.42 Å². The molecule has 0 saturated carbocycles. The Hall–Kier alpha value is -1.88. The number of nitrogens with one attached hydrogen (secondary N) is 1. The highest BCUT2D eigenvalue weighted by Crippen LogP contribution is 2.24. The molecule has 0 amide bonds. The summed E-state index contributed by atoms with van der Waals surface area (Å²) in [7, 11) is -4.03. The first-order valence-electron chi connectivity index (χ1n) is 5.55. The molecule has 2 rings (SSSR count). The summed E-state index contributed by atoms with van der Waals surface area (Å²) in [5.41, 5.74) is 0.674. The third kappa shape index (κ3) is 3.61. The Morgan fingerprint density at radius 1 is 1.24 bits per heavy atom. The zero-order valence-corrected chi connectivity index (χ0v) is 13.0. The van der Waals surface area contributed by atoms with Gasteiger partial charge in [-0.25, -0.2) is 23.1 Å². The van der Waals surface area contributed by atoms with Gasteiger partial charge in [-0.3, -0.25) is 0 Å². The van der Waals surface area contributed by atoms with Gasteiger partial charge in [-0.2, -0.15) is 5.26 Å². The van der Waals surface area contributed by atoms with Crippen LogP contribution >= 0.6 is 23.2 Å². The van der Waals surface area contributed by atoms with Crippen molar-refractivity contribution in [1.29, 1.82) is 5.26 Å². The molecule has 9 heteroatoms. The molecule has 0 saturated heterocycles. The SMILES string of the molecule is Cc1cc(Cl)nc(NS(=O)(=O)c2cc(C#N)ccc2Cl)n1. The van der Waals surface area contributed by atoms with Crippen LogP contribution in [0.25, 0.3) is 0 Å². The fourth-order valence-corrected chi connectivity index (χ4v) is 3.24. The molecular weight excluding hydrogens is 335 g/mol. The zero-order valence-electron chi connectivity index (χ0n) is 10.6. The molecule has 21 heavy (non-hydrogen) atoms. The lowest BCUT2D eigenvalue weighted by Gasteiger charge is -2.09. The van der Waals surface area contributed by atoms with Crippen LogP contribution in [0.15, 0.2) is 29.2 Å². The third-order valence-corrected chi connectivity index (χ3v) is 4.40. The normalized spacial score (nSPS) is 11.0. The van der Waals surface area contributed by atoms with E-state index in [2.05, 4.69) is 14.7 Å². The van der Waals surface area contributed by atoms with Crippen LogP contribution < -0.4 is 4.72 Å². The van der Waals surface area contributed by atoms with E-state index in [-0.39, 0.29) is 26.6 Å². The lowest BCUT2D eigenvalue weighted by molar-refractivity contribution is 0.601. The van der Waals surface area contributed by atoms with Gasteiger partial charge < -0.3 is 0 Å². The minimum Gasteiger partial charge on any atom is -0.247 e. The molecular formula is C12H8Cl2N4O2S. The molecule has 1 N–H and O–H groups in total. The fraction of sp³-hybridized carbons (Fsp3) is 0.0833. The van der Waals surface area contributed by atoms with E-state index in [9.17, 15) is 8.42 Å². The van der Waals surface area contributed by atoms with Gasteiger partial charge >= 0.3 is 0 Å². The van der Waals surface area contributed by atoms with Gasteiger partial charge in [-0.15, -0.1) is 0 Å². The summed E-state index contributed by atoms with van der Waals surface area (Å²) in [6.45, 7) is 1.65. The largest absolute Gasteiger partial charge is 0.265 e. The van der Waals surface area contributed by atoms with Gasteiger partial charge in [0.25, 0.3) is 10.0 Å². The van der Waals surface area contributed by atoms with Crippen molar-refractivity contribution in [3.05, 3.63) is 45.7 Å². The number of rotatable bonds is 3. The molecule has 0 aliphatic carbocycles. The van der Waals surface area contributed by atoms with Crippen LogP contribution in [0.1, 0.15) is 11.3 Å². The quantitative estimate of drug-likeness (QED) is 0.865. The number of aryl methyl sites for hydroxylation is 1. The lowest BCUT2D eigenvalue weighted by atomic mass is 10.2. The van der Waals surface area contributed by atoms with Gasteiger partial charge in [-0.05, 0) is 31.2 Å². The minimum absolute atomic E-state index is 0.0137. The van der Waals surface area contributed by atoms with Gasteiger partial charge in [0.05, 0.1) is 16.7 Å². The Balaban J connectivity index is 2.45. The zero-order chi connectivity index (χ0) is 15.6. The van der Waals surface area contributed by atoms with E-state index in [1.54, 1.807) is 6.92 Å². The van der Waals surface area contributed by atoms with Crippen molar-refractivity contribution in [1.82, 2.24) is 9.97 Å². The molecule has 0 spiro atoms. The average molecular weight is 343 g/mol. The first kappa shape index (κ1) is 15.5. The van der Waals surface area contributed by atoms with E-state index in [1.165, 1.54) is 24.3 Å². The van der Waals surface area contributed by atoms with Crippen LogP contribution in [0.5, 0.6) is 0 Å². The highest BCUT2D eigenvalue weighted by Gasteiger charge is 2.20. The van der Waals surface area contributed by atoms with E-state index < -0.39 is 10.0 Å². The van der Waals surface area contributed by atoms with Gasteiger partial charge in [0.1, 0.15) is 10.0 Å². The van der Waals surface area contributed by atoms with Crippen LogP contribution in [0.2, 0.25) is 10.2 Å². The Bertz CT molecular complexity index is 827. The van der Waals surface area contributed by atoms with Crippen molar-refractivity contribution in [2.24, 2.45) is 0 Å². The molecule has 108 valence electrons. The molecule has 1 aromatic heterocycles. The second-order valence-corrected chi connectivity index (χ2v) is 6.46. The van der Waals surface area contributed by atoms with E-state index in [0.29, 0.717) is 5.69 Å². The topological polar surface area (TPSA) is 95.7 Å². The standard InChI is InChI=1S/C12H8Cl2N4O2S/c1-7-4-11(14)17-12(16-7)18-21(19,20)10-5-8(6-15)2-3-9(10)13/h2-5H,1H3,(H,16,17,18). The van der Waals surface area contributed by atoms with Gasteiger partial charge in [0.15, 0.2) is 0 Å². The predicted molar refractivity (Wildman–Crippen MR) is 78.8 cm³/mol. The average Bonchev–Trinajstić information content (AvgIpc) is 2.37. The number of hydrogen-bond donors (Lipinski definition) is 1. The predicted octanol–water partition coefficient (Wildman–Crippen LogP) is 2.76. The number of halogens is 2. The Morgan fingerprint density at radius 2 is 1.95 bits per heavy atom. The summed E-state index contributed by atoms with van der Waals surface area (Å²) in [5, 5.41) is 8.93. The van der Waals surface area contributed by atoms with E-state index in [4.69, 9.17) is 28.5 Å². The maximum absolute atomic E-state index is 12.3. The van der Waals surface area contributed by atoms with E-state index >= 15 is 0 Å². The lowest BCUT2D eigenvalue weighted by Crippen LogP contribution is -2.16. The number of nitrogens with zero attached hydrogens (tertiary/aromatic N) is 3. The summed E-state index contributed by atoms with van der Waals surface area (Å²) in [6, 6.07) is 7.25. The summed E-state index contributed by atoms with van der Waals surface area (Å²) in [5.74, 6) is -0.168. The summed E-state index contributed by atoms with van der Waals surface area (Å²) in [4.78, 5) is 7.46. The van der Waals surface area contributed by atoms with Crippen molar-refractivity contribution >= 4 is 39.2 Å². The number of nitriles is 1. The Morgan fingerprint density at radius 3 is 2.57 bits per heavy atom. The molecule has 0 fully saturated rings. The molecule has 1 heterocycles. The molecule has 0 aliphatic heterocycles. The summed E-state index contributed by atoms with van der Waals surface area (Å²) < 4.78 is 26.8. The van der Waals surface area contributed by atoms with Crippen LogP contribution in [0.3, 0.4) is 0 Å². The molecule has 6 nitrogen and oxygen atoms in total. The summed E-state index contributed by atoms with van der Waals surface area (Å²) >= 11 is 11.6. The third-order valence-electron chi connectivity index (χ3n) is 2.40. The number of benzene rings is 1. The Labute approximate surface area is 131 Å². The van der Waals surface area contributed by atoms with E-state index in [1.807, 2.05) is 6.07 Å². The minimum atomic E-state index is -4.03. The van der Waals surface area contributed by atoms with Gasteiger partial charge in [0, 0.05) is 5.69 Å². The molecule has 0 unspecified atom stereocenters. The fourth-order valence-electron chi connectivity index (χ4n) is 1.53. The Kier molecular flexibility index (Phi) is 4.32. The molecule has 0 aliphatic rings. The number of aromatic nitrogens is 2. The monoisotopic (exact) mass is 342 g/mol. The molecule has 0 radical (unpaired) electrons. The van der Waals surface area contributed by atoms with Crippen molar-refractivity contribution in [3.8, 4) is 6.07 Å². The van der Waals surface area contributed by atoms with Gasteiger partial charge in [-0.1, -0.05) is 23.2 Å². The van der Waals surface area contributed by atoms with Crippen LogP contribution in [0.4, 0.5) is 5.95 Å². The molecule has 0 atom stereocenters. The van der Waals surface area contributed by atoms with Crippen LogP contribution in [0, 0.1) is 18.3 Å². The highest BCUT2D eigenvalue weighted by molar-refractivity contribution is 7.92. The second kappa shape index (κ2) is 5.85. The van der Waals surface area contributed by atoms with Crippen LogP contribution in [-0.2, 0) is 10.0 Å². The maximum Gasteiger partial charge on any atom is 0.265 e. The number of anilines is 1. The van der Waals surface area contributed by atoms with E-state index in [0.717, 1.165) is 0 Å². The number of sulfonamides is 1. The molecule has 1 aromatic carbocycles.